The average Bonchev–Trinajstić information content (AvgIpc) is 2.74. The molecule has 0 amide bonds. The van der Waals surface area contributed by atoms with Crippen LogP contribution in [0.5, 0.6) is 5.88 Å². The Bertz CT molecular complexity index is 497. The number of aromatic amines is 1. The van der Waals surface area contributed by atoms with Gasteiger partial charge in [-0.05, 0) is 19.8 Å². The molecule has 1 aromatic rings. The molecular weight excluding hydrogens is 212 g/mol. The van der Waals surface area contributed by atoms with E-state index < -0.39 is 11.2 Å². The van der Waals surface area contributed by atoms with E-state index in [1.54, 1.807) is 0 Å². The highest BCUT2D eigenvalue weighted by molar-refractivity contribution is 5.20. The van der Waals surface area contributed by atoms with Crippen molar-refractivity contribution in [3.63, 3.8) is 0 Å². The fourth-order valence-electron chi connectivity index (χ4n) is 1.82. The molecule has 6 heteroatoms. The maximum absolute atomic E-state index is 11.5. The lowest BCUT2D eigenvalue weighted by Crippen LogP contribution is -2.34. The van der Waals surface area contributed by atoms with Gasteiger partial charge in [0, 0.05) is 6.61 Å². The molecule has 1 saturated heterocycles. The first-order chi connectivity index (χ1) is 7.59. The van der Waals surface area contributed by atoms with Crippen molar-refractivity contribution in [1.82, 2.24) is 9.55 Å². The van der Waals surface area contributed by atoms with Crippen LogP contribution < -0.4 is 11.2 Å². The summed E-state index contributed by atoms with van der Waals surface area (Å²) in [5, 5.41) is 9.71. The Kier molecular flexibility index (Phi) is 2.82. The third-order valence-corrected chi connectivity index (χ3v) is 2.81. The number of nitrogens with zero attached hydrogens (tertiary/aromatic N) is 1. The molecule has 1 fully saturated rings. The van der Waals surface area contributed by atoms with E-state index in [2.05, 4.69) is 4.98 Å². The van der Waals surface area contributed by atoms with E-state index in [0.29, 0.717) is 6.61 Å². The molecule has 1 aromatic heterocycles. The Morgan fingerprint density at radius 3 is 2.94 bits per heavy atom. The molecule has 0 aromatic carbocycles. The molecule has 1 atom stereocenters. The van der Waals surface area contributed by atoms with E-state index in [4.69, 9.17) is 4.74 Å². The predicted octanol–water partition coefficient (Wildman–Crippen LogP) is -0.270. The molecule has 2 rings (SSSR count). The van der Waals surface area contributed by atoms with Gasteiger partial charge < -0.3 is 9.84 Å². The van der Waals surface area contributed by atoms with E-state index in [0.717, 1.165) is 17.4 Å². The molecule has 0 bridgehead atoms. The summed E-state index contributed by atoms with van der Waals surface area (Å²) in [6.07, 6.45) is 1.76. The van der Waals surface area contributed by atoms with Crippen LogP contribution in [0.15, 0.2) is 9.59 Å². The molecule has 0 radical (unpaired) electrons. The van der Waals surface area contributed by atoms with Crippen molar-refractivity contribution >= 4 is 0 Å². The highest BCUT2D eigenvalue weighted by Crippen LogP contribution is 2.16. The van der Waals surface area contributed by atoms with Crippen molar-refractivity contribution in [1.29, 1.82) is 0 Å². The number of H-pyrrole nitrogens is 1. The van der Waals surface area contributed by atoms with Gasteiger partial charge >= 0.3 is 5.69 Å². The molecule has 1 aliphatic rings. The lowest BCUT2D eigenvalue weighted by atomic mass is 10.2. The normalized spacial score (nSPS) is 20.2. The molecule has 0 saturated carbocycles. The number of hydrogen-bond acceptors (Lipinski definition) is 4. The van der Waals surface area contributed by atoms with Crippen LogP contribution in [0.1, 0.15) is 18.4 Å². The van der Waals surface area contributed by atoms with Crippen molar-refractivity contribution in [3.8, 4) is 5.88 Å². The van der Waals surface area contributed by atoms with Gasteiger partial charge in [0.15, 0.2) is 0 Å². The third kappa shape index (κ3) is 1.88. The van der Waals surface area contributed by atoms with Crippen molar-refractivity contribution in [2.75, 3.05) is 6.61 Å². The maximum atomic E-state index is 11.5. The standard InChI is InChI=1S/C10H14N2O4/c1-6-8(13)11-10(15)12(9(6)14)5-7-3-2-4-16-7/h7,14H,2-5H2,1H3,(H,11,13,15). The second kappa shape index (κ2) is 4.13. The van der Waals surface area contributed by atoms with E-state index in [1.165, 1.54) is 6.92 Å². The van der Waals surface area contributed by atoms with Gasteiger partial charge in [-0.25, -0.2) is 4.79 Å². The predicted molar refractivity (Wildman–Crippen MR) is 56.7 cm³/mol. The average molecular weight is 226 g/mol. The Morgan fingerprint density at radius 1 is 1.56 bits per heavy atom. The fraction of sp³-hybridized carbons (Fsp3) is 0.600. The van der Waals surface area contributed by atoms with E-state index in [-0.39, 0.29) is 24.1 Å². The molecule has 16 heavy (non-hydrogen) atoms. The summed E-state index contributed by atoms with van der Waals surface area (Å²) in [5.74, 6) is -0.274. The number of rotatable bonds is 2. The van der Waals surface area contributed by atoms with Crippen molar-refractivity contribution in [3.05, 3.63) is 26.4 Å². The summed E-state index contributed by atoms with van der Waals surface area (Å²) in [7, 11) is 0. The molecule has 0 spiro atoms. The van der Waals surface area contributed by atoms with Crippen LogP contribution in [0.25, 0.3) is 0 Å². The quantitative estimate of drug-likeness (QED) is 0.727. The molecule has 88 valence electrons. The smallest absolute Gasteiger partial charge is 0.331 e. The second-order valence-corrected chi connectivity index (χ2v) is 3.95. The first-order valence-electron chi connectivity index (χ1n) is 5.24. The van der Waals surface area contributed by atoms with Crippen LogP contribution in [-0.2, 0) is 11.3 Å². The highest BCUT2D eigenvalue weighted by Gasteiger charge is 2.19. The van der Waals surface area contributed by atoms with Crippen LogP contribution in [0.4, 0.5) is 0 Å². The van der Waals surface area contributed by atoms with Gasteiger partial charge in [0.2, 0.25) is 5.88 Å². The SMILES string of the molecule is Cc1c(O)n(CC2CCCO2)c(=O)[nH]c1=O. The Hall–Kier alpha value is -1.56. The second-order valence-electron chi connectivity index (χ2n) is 3.95. The minimum Gasteiger partial charge on any atom is -0.494 e. The molecule has 0 aliphatic carbocycles. The Morgan fingerprint density at radius 2 is 2.31 bits per heavy atom. The van der Waals surface area contributed by atoms with Gasteiger partial charge in [-0.15, -0.1) is 0 Å². The van der Waals surface area contributed by atoms with Crippen LogP contribution >= 0.6 is 0 Å². The van der Waals surface area contributed by atoms with Gasteiger partial charge in [-0.1, -0.05) is 0 Å². The lowest BCUT2D eigenvalue weighted by Gasteiger charge is -2.13. The van der Waals surface area contributed by atoms with E-state index >= 15 is 0 Å². The van der Waals surface area contributed by atoms with Crippen LogP contribution in [0.3, 0.4) is 0 Å². The topological polar surface area (TPSA) is 84.3 Å². The molecule has 6 nitrogen and oxygen atoms in total. The summed E-state index contributed by atoms with van der Waals surface area (Å²) in [6.45, 7) is 2.43. The largest absolute Gasteiger partial charge is 0.494 e. The number of aromatic nitrogens is 2. The van der Waals surface area contributed by atoms with Crippen LogP contribution in [0.2, 0.25) is 0 Å². The zero-order valence-corrected chi connectivity index (χ0v) is 9.02. The first-order valence-corrected chi connectivity index (χ1v) is 5.24. The molecule has 2 heterocycles. The summed E-state index contributed by atoms with van der Waals surface area (Å²) in [4.78, 5) is 24.8. The third-order valence-electron chi connectivity index (χ3n) is 2.81. The summed E-state index contributed by atoms with van der Waals surface area (Å²) in [5.41, 5.74) is -0.993. The molecule has 1 aliphatic heterocycles. The zero-order chi connectivity index (χ0) is 11.7. The van der Waals surface area contributed by atoms with Crippen LogP contribution in [-0.4, -0.2) is 27.4 Å². The minimum absolute atomic E-state index is 0.0612. The van der Waals surface area contributed by atoms with Crippen molar-refractivity contribution < 1.29 is 9.84 Å². The maximum Gasteiger partial charge on any atom is 0.331 e. The van der Waals surface area contributed by atoms with Gasteiger partial charge in [0.25, 0.3) is 5.56 Å². The first kappa shape index (κ1) is 10.9. The highest BCUT2D eigenvalue weighted by atomic mass is 16.5. The Balaban J connectivity index is 2.36. The zero-order valence-electron chi connectivity index (χ0n) is 9.02. The van der Waals surface area contributed by atoms with Crippen molar-refractivity contribution in [2.45, 2.75) is 32.4 Å². The van der Waals surface area contributed by atoms with E-state index in [9.17, 15) is 14.7 Å². The van der Waals surface area contributed by atoms with Crippen molar-refractivity contribution in [2.24, 2.45) is 0 Å². The summed E-state index contributed by atoms with van der Waals surface area (Å²) < 4.78 is 6.52. The summed E-state index contributed by atoms with van der Waals surface area (Å²) in [6, 6.07) is 0. The molecule has 1 unspecified atom stereocenters. The molecule has 2 N–H and O–H groups in total. The lowest BCUT2D eigenvalue weighted by molar-refractivity contribution is 0.0933. The number of hydrogen-bond donors (Lipinski definition) is 2. The van der Waals surface area contributed by atoms with Gasteiger partial charge in [-0.2, -0.15) is 0 Å². The Labute approximate surface area is 91.5 Å². The van der Waals surface area contributed by atoms with Gasteiger partial charge in [0.05, 0.1) is 18.2 Å². The van der Waals surface area contributed by atoms with Gasteiger partial charge in [-0.3, -0.25) is 14.3 Å². The monoisotopic (exact) mass is 226 g/mol. The summed E-state index contributed by atoms with van der Waals surface area (Å²) >= 11 is 0. The van der Waals surface area contributed by atoms with Crippen LogP contribution in [0, 0.1) is 6.92 Å². The number of nitrogens with one attached hydrogen (secondary N) is 1. The van der Waals surface area contributed by atoms with Gasteiger partial charge in [0.1, 0.15) is 0 Å². The minimum atomic E-state index is -0.594. The van der Waals surface area contributed by atoms with E-state index in [1.807, 2.05) is 0 Å². The molecular formula is C10H14N2O4. The number of aromatic hydroxyl groups is 1. The number of ether oxygens (including phenoxy) is 1. The fourth-order valence-corrected chi connectivity index (χ4v) is 1.82.